The zero-order chi connectivity index (χ0) is 11.7. The van der Waals surface area contributed by atoms with Gasteiger partial charge in [0.2, 0.25) is 0 Å². The minimum absolute atomic E-state index is 0.0577. The molecule has 2 aliphatic heterocycles. The Balaban J connectivity index is 1.64. The van der Waals surface area contributed by atoms with Gasteiger partial charge in [0.1, 0.15) is 0 Å². The zero-order valence-electron chi connectivity index (χ0n) is 10.2. The van der Waals surface area contributed by atoms with Gasteiger partial charge in [-0.15, -0.1) is 11.8 Å². The van der Waals surface area contributed by atoms with Crippen molar-refractivity contribution in [2.45, 2.75) is 36.3 Å². The first-order valence-corrected chi connectivity index (χ1v) is 7.34. The molecule has 2 atom stereocenters. The second-order valence-corrected chi connectivity index (χ2v) is 6.25. The van der Waals surface area contributed by atoms with Crippen molar-refractivity contribution in [2.75, 3.05) is 18.9 Å². The summed E-state index contributed by atoms with van der Waals surface area (Å²) in [5.74, 6) is 1.15. The molecule has 0 radical (unpaired) electrons. The van der Waals surface area contributed by atoms with Crippen LogP contribution in [-0.4, -0.2) is 24.5 Å². The standard InChI is InChI=1S/C14H19NOS/c1-14(7-4-8-16-14)10-15-12-9-17-13-6-3-2-5-11(12)13/h2-3,5-6,12,15H,4,7-10H2,1H3. The van der Waals surface area contributed by atoms with Gasteiger partial charge in [0.05, 0.1) is 5.60 Å². The highest BCUT2D eigenvalue weighted by molar-refractivity contribution is 7.99. The molecule has 2 unspecified atom stereocenters. The van der Waals surface area contributed by atoms with Gasteiger partial charge in [-0.3, -0.25) is 0 Å². The van der Waals surface area contributed by atoms with E-state index in [1.54, 1.807) is 0 Å². The monoisotopic (exact) mass is 249 g/mol. The Morgan fingerprint density at radius 1 is 1.47 bits per heavy atom. The van der Waals surface area contributed by atoms with E-state index in [1.165, 1.54) is 23.3 Å². The molecule has 1 fully saturated rings. The Morgan fingerprint density at radius 3 is 3.18 bits per heavy atom. The van der Waals surface area contributed by atoms with Crippen molar-refractivity contribution in [1.29, 1.82) is 0 Å². The largest absolute Gasteiger partial charge is 0.374 e. The summed E-state index contributed by atoms with van der Waals surface area (Å²) in [7, 11) is 0. The van der Waals surface area contributed by atoms with E-state index in [0.717, 1.165) is 18.9 Å². The van der Waals surface area contributed by atoms with Gasteiger partial charge in [0.25, 0.3) is 0 Å². The van der Waals surface area contributed by atoms with Crippen LogP contribution in [0.3, 0.4) is 0 Å². The molecule has 3 rings (SSSR count). The first-order chi connectivity index (χ1) is 8.27. The minimum atomic E-state index is 0.0577. The highest BCUT2D eigenvalue weighted by atomic mass is 32.2. The number of benzene rings is 1. The van der Waals surface area contributed by atoms with Crippen LogP contribution in [0.2, 0.25) is 0 Å². The molecule has 2 nitrogen and oxygen atoms in total. The Labute approximate surface area is 107 Å². The number of hydrogen-bond donors (Lipinski definition) is 1. The normalized spacial score (nSPS) is 31.7. The van der Waals surface area contributed by atoms with Crippen molar-refractivity contribution >= 4 is 11.8 Å². The smallest absolute Gasteiger partial charge is 0.0779 e. The molecule has 0 saturated carbocycles. The predicted octanol–water partition coefficient (Wildman–Crippen LogP) is 2.99. The maximum absolute atomic E-state index is 5.82. The summed E-state index contributed by atoms with van der Waals surface area (Å²) in [4.78, 5) is 1.43. The van der Waals surface area contributed by atoms with E-state index in [2.05, 4.69) is 36.5 Å². The molecular weight excluding hydrogens is 230 g/mol. The second kappa shape index (κ2) is 4.63. The summed E-state index contributed by atoms with van der Waals surface area (Å²) < 4.78 is 5.82. The van der Waals surface area contributed by atoms with E-state index in [0.29, 0.717) is 6.04 Å². The first-order valence-electron chi connectivity index (χ1n) is 6.36. The van der Waals surface area contributed by atoms with Crippen LogP contribution < -0.4 is 5.32 Å². The van der Waals surface area contributed by atoms with Crippen molar-refractivity contribution in [3.63, 3.8) is 0 Å². The molecule has 0 bridgehead atoms. The number of rotatable bonds is 3. The second-order valence-electron chi connectivity index (χ2n) is 5.18. The van der Waals surface area contributed by atoms with Gasteiger partial charge < -0.3 is 10.1 Å². The molecule has 2 heterocycles. The predicted molar refractivity (Wildman–Crippen MR) is 71.5 cm³/mol. The zero-order valence-corrected chi connectivity index (χ0v) is 11.1. The number of thioether (sulfide) groups is 1. The molecule has 1 saturated heterocycles. The maximum atomic E-state index is 5.82. The van der Waals surface area contributed by atoms with E-state index in [1.807, 2.05) is 11.8 Å². The molecule has 1 aromatic rings. The lowest BCUT2D eigenvalue weighted by Crippen LogP contribution is -2.39. The van der Waals surface area contributed by atoms with Gasteiger partial charge in [-0.2, -0.15) is 0 Å². The Hall–Kier alpha value is -0.510. The van der Waals surface area contributed by atoms with E-state index in [9.17, 15) is 0 Å². The molecule has 0 amide bonds. The number of fused-ring (bicyclic) bond motifs is 1. The Bertz CT molecular complexity index is 401. The van der Waals surface area contributed by atoms with Crippen LogP contribution in [0, 0.1) is 0 Å². The third-order valence-electron chi connectivity index (χ3n) is 3.72. The molecule has 1 N–H and O–H groups in total. The summed E-state index contributed by atoms with van der Waals surface area (Å²) in [6.07, 6.45) is 2.38. The fraction of sp³-hybridized carbons (Fsp3) is 0.571. The van der Waals surface area contributed by atoms with Crippen LogP contribution >= 0.6 is 11.8 Å². The molecule has 0 aromatic heterocycles. The average molecular weight is 249 g/mol. The number of ether oxygens (including phenoxy) is 1. The summed E-state index contributed by atoms with van der Waals surface area (Å²) in [6, 6.07) is 9.21. The summed E-state index contributed by atoms with van der Waals surface area (Å²) >= 11 is 1.95. The molecule has 1 aromatic carbocycles. The number of nitrogens with one attached hydrogen (secondary N) is 1. The Kier molecular flexibility index (Phi) is 3.16. The van der Waals surface area contributed by atoms with Crippen molar-refractivity contribution < 1.29 is 4.74 Å². The Morgan fingerprint density at radius 2 is 2.35 bits per heavy atom. The highest BCUT2D eigenvalue weighted by Gasteiger charge is 2.31. The number of hydrogen-bond acceptors (Lipinski definition) is 3. The van der Waals surface area contributed by atoms with Crippen LogP contribution in [0.1, 0.15) is 31.4 Å². The van der Waals surface area contributed by atoms with E-state index < -0.39 is 0 Å². The summed E-state index contributed by atoms with van der Waals surface area (Å²) in [5.41, 5.74) is 1.52. The van der Waals surface area contributed by atoms with Crippen LogP contribution in [0.15, 0.2) is 29.2 Å². The lowest BCUT2D eigenvalue weighted by atomic mass is 10.0. The van der Waals surface area contributed by atoms with Crippen LogP contribution in [0.25, 0.3) is 0 Å². The fourth-order valence-electron chi connectivity index (χ4n) is 2.65. The van der Waals surface area contributed by atoms with E-state index in [4.69, 9.17) is 4.74 Å². The molecule has 2 aliphatic rings. The van der Waals surface area contributed by atoms with Gasteiger partial charge in [-0.25, -0.2) is 0 Å². The van der Waals surface area contributed by atoms with E-state index >= 15 is 0 Å². The molecule has 0 aliphatic carbocycles. The van der Waals surface area contributed by atoms with Crippen molar-refractivity contribution in [3.05, 3.63) is 29.8 Å². The van der Waals surface area contributed by atoms with Crippen molar-refractivity contribution in [2.24, 2.45) is 0 Å². The molecular formula is C14H19NOS. The topological polar surface area (TPSA) is 21.3 Å². The van der Waals surface area contributed by atoms with Crippen LogP contribution in [-0.2, 0) is 4.74 Å². The first kappa shape index (κ1) is 11.6. The fourth-order valence-corrected chi connectivity index (χ4v) is 3.84. The minimum Gasteiger partial charge on any atom is -0.374 e. The van der Waals surface area contributed by atoms with Crippen molar-refractivity contribution in [3.8, 4) is 0 Å². The third kappa shape index (κ3) is 2.37. The molecule has 17 heavy (non-hydrogen) atoms. The van der Waals surface area contributed by atoms with Gasteiger partial charge >= 0.3 is 0 Å². The average Bonchev–Trinajstić information content (AvgIpc) is 2.94. The molecule has 0 spiro atoms. The lowest BCUT2D eigenvalue weighted by molar-refractivity contribution is 0.0192. The van der Waals surface area contributed by atoms with Crippen LogP contribution in [0.5, 0.6) is 0 Å². The third-order valence-corrected chi connectivity index (χ3v) is 4.91. The summed E-state index contributed by atoms with van der Waals surface area (Å²) in [5, 5.41) is 3.67. The van der Waals surface area contributed by atoms with Crippen molar-refractivity contribution in [1.82, 2.24) is 5.32 Å². The van der Waals surface area contributed by atoms with Gasteiger partial charge in [-0.05, 0) is 31.4 Å². The maximum Gasteiger partial charge on any atom is 0.0779 e. The van der Waals surface area contributed by atoms with E-state index in [-0.39, 0.29) is 5.60 Å². The van der Waals surface area contributed by atoms with Gasteiger partial charge in [-0.1, -0.05) is 18.2 Å². The van der Waals surface area contributed by atoms with Gasteiger partial charge in [0, 0.05) is 29.8 Å². The molecule has 3 heteroatoms. The van der Waals surface area contributed by atoms with Gasteiger partial charge in [0.15, 0.2) is 0 Å². The van der Waals surface area contributed by atoms with Crippen LogP contribution in [0.4, 0.5) is 0 Å². The SMILES string of the molecule is CC1(CNC2CSc3ccccc32)CCCO1. The highest BCUT2D eigenvalue weighted by Crippen LogP contribution is 2.38. The molecule has 92 valence electrons. The quantitative estimate of drug-likeness (QED) is 0.890. The summed E-state index contributed by atoms with van der Waals surface area (Å²) in [6.45, 7) is 4.11. The lowest BCUT2D eigenvalue weighted by Gasteiger charge is -2.26.